The van der Waals surface area contributed by atoms with Crippen molar-refractivity contribution in [3.63, 3.8) is 0 Å². The lowest BCUT2D eigenvalue weighted by Crippen LogP contribution is -2.45. The summed E-state index contributed by atoms with van der Waals surface area (Å²) in [5.41, 5.74) is 1.87. The fraction of sp³-hybridized carbons (Fsp3) is 0.533. The summed E-state index contributed by atoms with van der Waals surface area (Å²) in [6.45, 7) is 4.35. The third-order valence-corrected chi connectivity index (χ3v) is 3.74. The predicted octanol–water partition coefficient (Wildman–Crippen LogP) is 1.62. The van der Waals surface area contributed by atoms with Crippen LogP contribution < -0.4 is 4.74 Å². The third-order valence-electron chi connectivity index (χ3n) is 3.74. The van der Waals surface area contributed by atoms with Crippen LogP contribution in [0.5, 0.6) is 5.75 Å². The van der Waals surface area contributed by atoms with E-state index in [9.17, 15) is 9.90 Å². The van der Waals surface area contributed by atoms with Crippen molar-refractivity contribution >= 4 is 5.97 Å². The van der Waals surface area contributed by atoms with Crippen LogP contribution in [-0.2, 0) is 4.79 Å². The van der Waals surface area contributed by atoms with Gasteiger partial charge in [0.1, 0.15) is 18.5 Å². The first-order valence-corrected chi connectivity index (χ1v) is 6.77. The van der Waals surface area contributed by atoms with E-state index in [1.165, 1.54) is 0 Å². The summed E-state index contributed by atoms with van der Waals surface area (Å²) >= 11 is 0. The van der Waals surface area contributed by atoms with E-state index < -0.39 is 12.1 Å². The number of hydrogen-bond acceptors (Lipinski definition) is 4. The minimum absolute atomic E-state index is 0.121. The first-order valence-electron chi connectivity index (χ1n) is 6.77. The molecule has 2 N–H and O–H groups in total. The van der Waals surface area contributed by atoms with E-state index in [1.54, 1.807) is 11.9 Å². The molecule has 1 aliphatic rings. The van der Waals surface area contributed by atoms with Gasteiger partial charge in [0.25, 0.3) is 0 Å². The smallest absolute Gasteiger partial charge is 0.317 e. The van der Waals surface area contributed by atoms with E-state index in [0.29, 0.717) is 18.3 Å². The lowest BCUT2D eigenvalue weighted by atomic mass is 9.93. The van der Waals surface area contributed by atoms with Gasteiger partial charge in [-0.3, -0.25) is 9.69 Å². The van der Waals surface area contributed by atoms with E-state index >= 15 is 0 Å². The van der Waals surface area contributed by atoms with Crippen LogP contribution in [-0.4, -0.2) is 47.3 Å². The quantitative estimate of drug-likeness (QED) is 0.876. The summed E-state index contributed by atoms with van der Waals surface area (Å²) in [6, 6.07) is 5.48. The largest absolute Gasteiger partial charge is 0.491 e. The maximum Gasteiger partial charge on any atom is 0.317 e. The van der Waals surface area contributed by atoms with Crippen LogP contribution in [0.1, 0.15) is 37.0 Å². The monoisotopic (exact) mass is 279 g/mol. The molecule has 110 valence electrons. The van der Waals surface area contributed by atoms with Crippen LogP contribution in [0.4, 0.5) is 0 Å². The molecule has 1 aliphatic heterocycles. The van der Waals surface area contributed by atoms with Gasteiger partial charge in [-0.1, -0.05) is 19.9 Å². The van der Waals surface area contributed by atoms with Gasteiger partial charge >= 0.3 is 5.97 Å². The SMILES string of the molecule is CC(C)c1ccc2c(c1)C(O)C(N(C)CC(=O)O)CO2. The van der Waals surface area contributed by atoms with Gasteiger partial charge in [0.2, 0.25) is 0 Å². The number of carboxylic acids is 1. The summed E-state index contributed by atoms with van der Waals surface area (Å²) in [5, 5.41) is 19.3. The van der Waals surface area contributed by atoms with Gasteiger partial charge < -0.3 is 14.9 Å². The Morgan fingerprint density at radius 2 is 2.20 bits per heavy atom. The average Bonchev–Trinajstić information content (AvgIpc) is 2.37. The van der Waals surface area contributed by atoms with Gasteiger partial charge in [-0.15, -0.1) is 0 Å². The summed E-state index contributed by atoms with van der Waals surface area (Å²) in [4.78, 5) is 12.4. The highest BCUT2D eigenvalue weighted by Gasteiger charge is 2.33. The third kappa shape index (κ3) is 2.94. The molecule has 0 amide bonds. The Labute approximate surface area is 118 Å². The Morgan fingerprint density at radius 1 is 1.50 bits per heavy atom. The predicted molar refractivity (Wildman–Crippen MR) is 75.0 cm³/mol. The number of aliphatic hydroxyl groups is 1. The van der Waals surface area contributed by atoms with Gasteiger partial charge in [0.15, 0.2) is 0 Å². The molecule has 0 spiro atoms. The van der Waals surface area contributed by atoms with Crippen molar-refractivity contribution in [2.75, 3.05) is 20.2 Å². The zero-order valence-corrected chi connectivity index (χ0v) is 12.0. The van der Waals surface area contributed by atoms with E-state index in [0.717, 1.165) is 11.1 Å². The minimum atomic E-state index is -0.915. The maximum atomic E-state index is 10.8. The molecule has 0 aliphatic carbocycles. The number of likely N-dealkylation sites (N-methyl/N-ethyl adjacent to an activating group) is 1. The maximum absolute atomic E-state index is 10.8. The Balaban J connectivity index is 2.25. The Kier molecular flexibility index (Phi) is 4.30. The number of benzene rings is 1. The molecular formula is C15H21NO4. The molecule has 2 unspecified atom stereocenters. The van der Waals surface area contributed by atoms with E-state index in [-0.39, 0.29) is 12.6 Å². The number of rotatable bonds is 4. The molecule has 20 heavy (non-hydrogen) atoms. The van der Waals surface area contributed by atoms with Crippen LogP contribution in [0.2, 0.25) is 0 Å². The molecule has 5 nitrogen and oxygen atoms in total. The zero-order valence-electron chi connectivity index (χ0n) is 12.0. The van der Waals surface area contributed by atoms with Crippen molar-refractivity contribution < 1.29 is 19.7 Å². The molecule has 1 aromatic carbocycles. The molecule has 2 rings (SSSR count). The highest BCUT2D eigenvalue weighted by molar-refractivity contribution is 5.69. The first-order chi connectivity index (χ1) is 9.40. The molecule has 0 saturated heterocycles. The number of hydrogen-bond donors (Lipinski definition) is 2. The lowest BCUT2D eigenvalue weighted by Gasteiger charge is -2.35. The summed E-state index contributed by atoms with van der Waals surface area (Å²) in [5.74, 6) is 0.132. The molecule has 0 fully saturated rings. The van der Waals surface area contributed by atoms with E-state index in [4.69, 9.17) is 9.84 Å². The molecule has 0 radical (unpaired) electrons. The Morgan fingerprint density at radius 3 is 2.80 bits per heavy atom. The number of carboxylic acid groups (broad SMARTS) is 1. The molecule has 1 heterocycles. The van der Waals surface area contributed by atoms with Crippen LogP contribution in [0.3, 0.4) is 0 Å². The van der Waals surface area contributed by atoms with Crippen molar-refractivity contribution in [3.05, 3.63) is 29.3 Å². The second-order valence-electron chi connectivity index (χ2n) is 5.58. The first kappa shape index (κ1) is 14.8. The number of ether oxygens (including phenoxy) is 1. The second-order valence-corrected chi connectivity index (χ2v) is 5.58. The Hall–Kier alpha value is -1.59. The number of aliphatic hydroxyl groups excluding tert-OH is 1. The average molecular weight is 279 g/mol. The summed E-state index contributed by atoms with van der Waals surface area (Å²) in [7, 11) is 1.68. The van der Waals surface area contributed by atoms with Gasteiger partial charge in [0.05, 0.1) is 12.6 Å². The van der Waals surface area contributed by atoms with Crippen LogP contribution >= 0.6 is 0 Å². The van der Waals surface area contributed by atoms with Crippen molar-refractivity contribution in [2.45, 2.75) is 31.9 Å². The zero-order chi connectivity index (χ0) is 14.9. The Bertz CT molecular complexity index is 501. The highest BCUT2D eigenvalue weighted by Crippen LogP contribution is 2.35. The van der Waals surface area contributed by atoms with Crippen LogP contribution in [0, 0.1) is 0 Å². The van der Waals surface area contributed by atoms with Gasteiger partial charge in [-0.05, 0) is 30.7 Å². The summed E-state index contributed by atoms with van der Waals surface area (Å²) in [6.07, 6.45) is -0.734. The molecule has 0 bridgehead atoms. The molecular weight excluding hydrogens is 258 g/mol. The van der Waals surface area contributed by atoms with Crippen LogP contribution in [0.15, 0.2) is 18.2 Å². The van der Waals surface area contributed by atoms with Crippen LogP contribution in [0.25, 0.3) is 0 Å². The van der Waals surface area contributed by atoms with E-state index in [2.05, 4.69) is 13.8 Å². The fourth-order valence-electron chi connectivity index (χ4n) is 2.46. The molecule has 0 aromatic heterocycles. The lowest BCUT2D eigenvalue weighted by molar-refractivity contribution is -0.139. The van der Waals surface area contributed by atoms with Crippen molar-refractivity contribution in [1.29, 1.82) is 0 Å². The van der Waals surface area contributed by atoms with Crippen molar-refractivity contribution in [3.8, 4) is 5.75 Å². The molecule has 5 heteroatoms. The van der Waals surface area contributed by atoms with Gasteiger partial charge in [0, 0.05) is 5.56 Å². The minimum Gasteiger partial charge on any atom is -0.491 e. The summed E-state index contributed by atoms with van der Waals surface area (Å²) < 4.78 is 5.65. The molecule has 0 saturated carbocycles. The normalized spacial score (nSPS) is 21.7. The molecule has 2 atom stereocenters. The standard InChI is InChI=1S/C15H21NO4/c1-9(2)10-4-5-13-11(6-10)15(19)12(8-20-13)16(3)7-14(17)18/h4-6,9,12,15,19H,7-8H2,1-3H3,(H,17,18). The number of fused-ring (bicyclic) bond motifs is 1. The van der Waals surface area contributed by atoms with Crippen molar-refractivity contribution in [2.24, 2.45) is 0 Å². The highest BCUT2D eigenvalue weighted by atomic mass is 16.5. The fourth-order valence-corrected chi connectivity index (χ4v) is 2.46. The second kappa shape index (κ2) is 5.81. The number of carbonyl (C=O) groups is 1. The number of nitrogens with zero attached hydrogens (tertiary/aromatic N) is 1. The van der Waals surface area contributed by atoms with Gasteiger partial charge in [-0.25, -0.2) is 0 Å². The van der Waals surface area contributed by atoms with E-state index in [1.807, 2.05) is 18.2 Å². The van der Waals surface area contributed by atoms with Gasteiger partial charge in [-0.2, -0.15) is 0 Å². The molecule has 1 aromatic rings. The van der Waals surface area contributed by atoms with Crippen molar-refractivity contribution in [1.82, 2.24) is 4.90 Å². The topological polar surface area (TPSA) is 70.0 Å². The number of aliphatic carboxylic acids is 1.